The average molecular weight is 457 g/mol. The van der Waals surface area contributed by atoms with Gasteiger partial charge in [-0.25, -0.2) is 0 Å². The summed E-state index contributed by atoms with van der Waals surface area (Å²) in [6.07, 6.45) is 0.488. The van der Waals surface area contributed by atoms with Gasteiger partial charge in [-0.1, -0.05) is 42.5 Å². The molecule has 8 nitrogen and oxygen atoms in total. The number of carbonyl (C=O) groups excluding carboxylic acids is 1. The molecular weight excluding hydrogens is 434 g/mol. The summed E-state index contributed by atoms with van der Waals surface area (Å²) in [6, 6.07) is 21.7. The molecule has 3 aromatic carbocycles. The summed E-state index contributed by atoms with van der Waals surface area (Å²) in [5.41, 5.74) is 0.578. The van der Waals surface area contributed by atoms with Crippen molar-refractivity contribution in [2.24, 2.45) is 0 Å². The van der Waals surface area contributed by atoms with Crippen LogP contribution in [0.3, 0.4) is 0 Å². The lowest BCUT2D eigenvalue weighted by molar-refractivity contribution is -0.386. The van der Waals surface area contributed by atoms with Gasteiger partial charge in [-0.2, -0.15) is 5.26 Å². The maximum Gasteiger partial charge on any atom is 0.318 e. The Morgan fingerprint density at radius 2 is 1.79 bits per heavy atom. The molecule has 172 valence electrons. The van der Waals surface area contributed by atoms with Gasteiger partial charge >= 0.3 is 5.69 Å². The fourth-order valence-corrected chi connectivity index (χ4v) is 4.64. The van der Waals surface area contributed by atoms with E-state index < -0.39 is 10.5 Å². The molecule has 1 aliphatic heterocycles. The number of ether oxygens (including phenoxy) is 2. The number of amides is 1. The molecule has 1 unspecified atom stereocenters. The molecule has 1 heterocycles. The van der Waals surface area contributed by atoms with Crippen molar-refractivity contribution in [1.29, 1.82) is 5.26 Å². The highest BCUT2D eigenvalue weighted by atomic mass is 16.6. The number of nitro groups is 1. The van der Waals surface area contributed by atoms with Gasteiger partial charge in [-0.15, -0.1) is 0 Å². The van der Waals surface area contributed by atoms with E-state index in [0.29, 0.717) is 24.1 Å². The zero-order chi connectivity index (χ0) is 24.3. The van der Waals surface area contributed by atoms with E-state index in [1.807, 2.05) is 30.3 Å². The van der Waals surface area contributed by atoms with E-state index in [1.54, 1.807) is 36.4 Å². The first-order valence-corrected chi connectivity index (χ1v) is 10.7. The number of nitro benzene ring substituents is 1. The van der Waals surface area contributed by atoms with Crippen LogP contribution in [-0.4, -0.2) is 36.5 Å². The van der Waals surface area contributed by atoms with Crippen molar-refractivity contribution >= 4 is 11.6 Å². The summed E-state index contributed by atoms with van der Waals surface area (Å²) in [7, 11) is 2.73. The lowest BCUT2D eigenvalue weighted by Gasteiger charge is -2.44. The van der Waals surface area contributed by atoms with E-state index in [2.05, 4.69) is 6.07 Å². The molecule has 0 fully saturated rings. The second kappa shape index (κ2) is 9.24. The molecule has 0 saturated heterocycles. The van der Waals surface area contributed by atoms with Crippen LogP contribution >= 0.6 is 0 Å². The maximum atomic E-state index is 13.6. The summed E-state index contributed by atoms with van der Waals surface area (Å²) >= 11 is 0. The van der Waals surface area contributed by atoms with Crippen molar-refractivity contribution in [3.63, 3.8) is 0 Å². The Labute approximate surface area is 197 Å². The van der Waals surface area contributed by atoms with Gasteiger partial charge in [0.15, 0.2) is 11.3 Å². The first-order chi connectivity index (χ1) is 16.5. The monoisotopic (exact) mass is 457 g/mol. The van der Waals surface area contributed by atoms with Gasteiger partial charge in [0.25, 0.3) is 5.91 Å². The molecule has 0 radical (unpaired) electrons. The van der Waals surface area contributed by atoms with Crippen LogP contribution < -0.4 is 9.47 Å². The van der Waals surface area contributed by atoms with Gasteiger partial charge in [-0.3, -0.25) is 14.9 Å². The number of methoxy groups -OCH3 is 2. The lowest BCUT2D eigenvalue weighted by Crippen LogP contribution is -2.54. The third-order valence-electron chi connectivity index (χ3n) is 6.21. The number of carbonyl (C=O) groups is 1. The normalized spacial score (nSPS) is 16.8. The van der Waals surface area contributed by atoms with Gasteiger partial charge < -0.3 is 14.4 Å². The number of hydrogen-bond donors (Lipinski definition) is 0. The molecular formula is C26H23N3O5. The quantitative estimate of drug-likeness (QED) is 0.404. The van der Waals surface area contributed by atoms with E-state index in [-0.39, 0.29) is 35.1 Å². The third-order valence-corrected chi connectivity index (χ3v) is 6.21. The number of rotatable bonds is 6. The molecule has 34 heavy (non-hydrogen) atoms. The highest BCUT2D eigenvalue weighted by Crippen LogP contribution is 2.45. The van der Waals surface area contributed by atoms with E-state index in [4.69, 9.17) is 9.47 Å². The molecule has 8 heteroatoms. The van der Waals surface area contributed by atoms with Crippen LogP contribution in [0.5, 0.6) is 11.5 Å². The number of hydrogen-bond acceptors (Lipinski definition) is 6. The van der Waals surface area contributed by atoms with Gasteiger partial charge in [0.1, 0.15) is 0 Å². The van der Waals surface area contributed by atoms with Crippen LogP contribution in [0.1, 0.15) is 27.0 Å². The van der Waals surface area contributed by atoms with Gasteiger partial charge in [-0.05, 0) is 41.8 Å². The van der Waals surface area contributed by atoms with E-state index in [9.17, 15) is 20.2 Å². The predicted octanol–water partition coefficient (Wildman–Crippen LogP) is 4.27. The van der Waals surface area contributed by atoms with Gasteiger partial charge in [0.2, 0.25) is 5.75 Å². The fourth-order valence-electron chi connectivity index (χ4n) is 4.64. The molecule has 1 aliphatic rings. The van der Waals surface area contributed by atoms with Crippen molar-refractivity contribution in [2.75, 3.05) is 20.8 Å². The smallest absolute Gasteiger partial charge is 0.318 e. The van der Waals surface area contributed by atoms with Gasteiger partial charge in [0.05, 0.1) is 25.2 Å². The minimum atomic E-state index is -1.45. The first kappa shape index (κ1) is 22.8. The Morgan fingerprint density at radius 1 is 1.09 bits per heavy atom. The second-order valence-corrected chi connectivity index (χ2v) is 7.94. The van der Waals surface area contributed by atoms with Crippen LogP contribution in [-0.2, 0) is 18.4 Å². The van der Waals surface area contributed by atoms with Crippen LogP contribution in [0.4, 0.5) is 5.69 Å². The largest absolute Gasteiger partial charge is 0.493 e. The predicted molar refractivity (Wildman–Crippen MR) is 125 cm³/mol. The summed E-state index contributed by atoms with van der Waals surface area (Å²) in [4.78, 5) is 26.7. The van der Waals surface area contributed by atoms with Gasteiger partial charge in [0, 0.05) is 24.1 Å². The molecule has 0 spiro atoms. The van der Waals surface area contributed by atoms with E-state index >= 15 is 0 Å². The molecule has 0 saturated carbocycles. The molecule has 4 rings (SSSR count). The molecule has 3 aromatic rings. The molecule has 0 N–H and O–H groups in total. The Balaban J connectivity index is 1.92. The lowest BCUT2D eigenvalue weighted by atomic mass is 9.76. The van der Waals surface area contributed by atoms with E-state index in [1.165, 1.54) is 19.1 Å². The molecule has 1 amide bonds. The minimum absolute atomic E-state index is 0.0249. The summed E-state index contributed by atoms with van der Waals surface area (Å²) in [5, 5.41) is 22.7. The standard InChI is InChI=1S/C26H23N3O5/c1-33-22-13-12-20(23(29(31)32)24(22)34-2)16-26(17-27)21-11-7-6-8-18(21)14-15-28(26)25(30)19-9-4-3-5-10-19/h3-13H,14-16H2,1-2H3. The number of fused-ring (bicyclic) bond motifs is 1. The molecule has 0 bridgehead atoms. The molecule has 0 aromatic heterocycles. The Hall–Kier alpha value is -4.38. The van der Waals surface area contributed by atoms with Crippen LogP contribution in [0.15, 0.2) is 66.7 Å². The van der Waals surface area contributed by atoms with Crippen LogP contribution in [0, 0.1) is 21.4 Å². The van der Waals surface area contributed by atoms with Crippen molar-refractivity contribution in [3.8, 4) is 17.6 Å². The summed E-state index contributed by atoms with van der Waals surface area (Å²) < 4.78 is 10.5. The Morgan fingerprint density at radius 3 is 2.44 bits per heavy atom. The van der Waals surface area contributed by atoms with Crippen molar-refractivity contribution < 1.29 is 19.2 Å². The Bertz CT molecular complexity index is 1290. The zero-order valence-electron chi connectivity index (χ0n) is 18.9. The summed E-state index contributed by atoms with van der Waals surface area (Å²) in [6.45, 7) is 0.305. The van der Waals surface area contributed by atoms with Crippen molar-refractivity contribution in [1.82, 2.24) is 4.90 Å². The number of nitrogens with zero attached hydrogens (tertiary/aromatic N) is 3. The van der Waals surface area contributed by atoms with Crippen LogP contribution in [0.25, 0.3) is 0 Å². The number of benzene rings is 3. The van der Waals surface area contributed by atoms with Crippen molar-refractivity contribution in [3.05, 3.63) is 99.1 Å². The topological polar surface area (TPSA) is 106 Å². The molecule has 0 aliphatic carbocycles. The SMILES string of the molecule is COc1ccc(CC2(C#N)c3ccccc3CCN2C(=O)c2ccccc2)c([N+](=O)[O-])c1OC. The van der Waals surface area contributed by atoms with E-state index in [0.717, 1.165) is 5.56 Å². The Kier molecular flexibility index (Phi) is 6.19. The third kappa shape index (κ3) is 3.71. The first-order valence-electron chi connectivity index (χ1n) is 10.7. The maximum absolute atomic E-state index is 13.6. The zero-order valence-corrected chi connectivity index (χ0v) is 18.9. The average Bonchev–Trinajstić information content (AvgIpc) is 2.88. The van der Waals surface area contributed by atoms with Crippen molar-refractivity contribution in [2.45, 2.75) is 18.4 Å². The minimum Gasteiger partial charge on any atom is -0.493 e. The molecule has 1 atom stereocenters. The van der Waals surface area contributed by atoms with Crippen LogP contribution in [0.2, 0.25) is 0 Å². The fraction of sp³-hybridized carbons (Fsp3) is 0.231. The number of nitriles is 1. The summed E-state index contributed by atoms with van der Waals surface area (Å²) in [5.74, 6) is -0.117. The highest BCUT2D eigenvalue weighted by molar-refractivity contribution is 5.95. The highest BCUT2D eigenvalue weighted by Gasteiger charge is 2.47. The second-order valence-electron chi connectivity index (χ2n) is 7.94.